The van der Waals surface area contributed by atoms with Crippen LogP contribution < -0.4 is 5.32 Å². The van der Waals surface area contributed by atoms with Crippen molar-refractivity contribution in [3.05, 3.63) is 46.5 Å². The van der Waals surface area contributed by atoms with Gasteiger partial charge >= 0.3 is 12.2 Å². The van der Waals surface area contributed by atoms with E-state index in [-0.39, 0.29) is 56.0 Å². The van der Waals surface area contributed by atoms with E-state index in [1.165, 1.54) is 0 Å². The number of anilines is 1. The highest BCUT2D eigenvalue weighted by Gasteiger charge is 2.44. The van der Waals surface area contributed by atoms with Gasteiger partial charge in [0.1, 0.15) is 18.1 Å². The van der Waals surface area contributed by atoms with Crippen molar-refractivity contribution >= 4 is 11.7 Å². The Morgan fingerprint density at radius 3 is 2.72 bits per heavy atom. The number of fused-ring (bicyclic) bond motifs is 3. The SMILES string of the molecule is O=C(Nc1ccc(F)c(C(F)(F)F)c1)N1CCc2nn3c(c2C1)C(F)(F)CC[C@@H](COCC(F)F)C3. The average Bonchev–Trinajstić information content (AvgIpc) is 3.09. The van der Waals surface area contributed by atoms with Crippen LogP contribution in [0.3, 0.4) is 0 Å². The number of carbonyl (C=O) groups excluding carboxylic acids is 1. The third kappa shape index (κ3) is 5.57. The van der Waals surface area contributed by atoms with Crippen molar-refractivity contribution < 1.29 is 44.7 Å². The van der Waals surface area contributed by atoms with Gasteiger partial charge in [0.2, 0.25) is 0 Å². The van der Waals surface area contributed by atoms with E-state index in [1.54, 1.807) is 0 Å². The van der Waals surface area contributed by atoms with E-state index < -0.39 is 54.9 Å². The third-order valence-corrected chi connectivity index (χ3v) is 6.15. The van der Waals surface area contributed by atoms with E-state index in [0.717, 1.165) is 15.6 Å². The fraction of sp³-hybridized carbons (Fsp3) is 0.545. The lowest BCUT2D eigenvalue weighted by atomic mass is 9.98. The largest absolute Gasteiger partial charge is 0.419 e. The van der Waals surface area contributed by atoms with Crippen LogP contribution in [0.1, 0.15) is 35.4 Å². The molecule has 1 aromatic heterocycles. The zero-order valence-electron chi connectivity index (χ0n) is 18.7. The van der Waals surface area contributed by atoms with E-state index in [2.05, 4.69) is 10.4 Å². The Bertz CT molecular complexity index is 1120. The molecule has 2 aliphatic rings. The van der Waals surface area contributed by atoms with Crippen LogP contribution in [0.15, 0.2) is 18.2 Å². The molecule has 2 amide bonds. The summed E-state index contributed by atoms with van der Waals surface area (Å²) in [5.74, 6) is -5.25. The van der Waals surface area contributed by atoms with E-state index in [1.807, 2.05) is 0 Å². The molecule has 14 heteroatoms. The Hall–Kier alpha value is -2.90. The molecule has 1 aromatic carbocycles. The average molecular weight is 526 g/mol. The maximum Gasteiger partial charge on any atom is 0.419 e. The maximum atomic E-state index is 15.1. The van der Waals surface area contributed by atoms with E-state index in [4.69, 9.17) is 4.74 Å². The van der Waals surface area contributed by atoms with Crippen LogP contribution in [0.25, 0.3) is 0 Å². The number of aromatic nitrogens is 2. The molecule has 0 spiro atoms. The molecule has 6 nitrogen and oxygen atoms in total. The van der Waals surface area contributed by atoms with Crippen LogP contribution in [-0.2, 0) is 36.3 Å². The predicted octanol–water partition coefficient (Wildman–Crippen LogP) is 5.41. The molecular formula is C22H22F8N4O2. The van der Waals surface area contributed by atoms with Crippen LogP contribution in [0.2, 0.25) is 0 Å². The number of benzene rings is 1. The van der Waals surface area contributed by atoms with Gasteiger partial charge in [0.05, 0.1) is 24.4 Å². The second kappa shape index (κ2) is 9.87. The molecule has 4 rings (SSSR count). The van der Waals surface area contributed by atoms with Gasteiger partial charge in [-0.05, 0) is 24.6 Å². The molecule has 0 fully saturated rings. The molecule has 0 saturated carbocycles. The van der Waals surface area contributed by atoms with Crippen molar-refractivity contribution in [3.8, 4) is 0 Å². The van der Waals surface area contributed by atoms with Crippen molar-refractivity contribution in [2.24, 2.45) is 5.92 Å². The molecule has 0 aliphatic carbocycles. The first kappa shape index (κ1) is 26.2. The fourth-order valence-corrected chi connectivity index (χ4v) is 4.46. The first-order chi connectivity index (χ1) is 16.8. The van der Waals surface area contributed by atoms with Crippen molar-refractivity contribution in [3.63, 3.8) is 0 Å². The van der Waals surface area contributed by atoms with Gasteiger partial charge in [-0.15, -0.1) is 0 Å². The Morgan fingerprint density at radius 1 is 1.28 bits per heavy atom. The number of nitrogens with zero attached hydrogens (tertiary/aromatic N) is 3. The van der Waals surface area contributed by atoms with E-state index in [9.17, 15) is 31.1 Å². The summed E-state index contributed by atoms with van der Waals surface area (Å²) in [5, 5.41) is 6.53. The molecule has 2 aromatic rings. The van der Waals surface area contributed by atoms with Crippen molar-refractivity contribution in [2.45, 2.75) is 50.9 Å². The second-order valence-corrected chi connectivity index (χ2v) is 8.79. The van der Waals surface area contributed by atoms with Gasteiger partial charge in [0.25, 0.3) is 12.3 Å². The first-order valence-corrected chi connectivity index (χ1v) is 11.1. The van der Waals surface area contributed by atoms with Gasteiger partial charge in [-0.1, -0.05) is 0 Å². The van der Waals surface area contributed by atoms with Gasteiger partial charge in [0.15, 0.2) is 0 Å². The Balaban J connectivity index is 1.51. The summed E-state index contributed by atoms with van der Waals surface area (Å²) >= 11 is 0. The van der Waals surface area contributed by atoms with Crippen LogP contribution in [-0.4, -0.2) is 46.9 Å². The normalized spacial score (nSPS) is 19.6. The summed E-state index contributed by atoms with van der Waals surface area (Å²) in [6.07, 6.45) is -8.05. The number of urea groups is 1. The van der Waals surface area contributed by atoms with Gasteiger partial charge < -0.3 is 15.0 Å². The number of hydrogen-bond acceptors (Lipinski definition) is 3. The smallest absolute Gasteiger partial charge is 0.375 e. The zero-order valence-corrected chi connectivity index (χ0v) is 18.7. The summed E-state index contributed by atoms with van der Waals surface area (Å²) in [6, 6.07) is 1.16. The van der Waals surface area contributed by atoms with Crippen LogP contribution in [0.5, 0.6) is 0 Å². The molecule has 0 saturated heterocycles. The third-order valence-electron chi connectivity index (χ3n) is 6.15. The van der Waals surface area contributed by atoms with E-state index >= 15 is 8.78 Å². The summed E-state index contributed by atoms with van der Waals surface area (Å²) in [6.45, 7) is -1.08. The van der Waals surface area contributed by atoms with Gasteiger partial charge in [-0.3, -0.25) is 4.68 Å². The summed E-state index contributed by atoms with van der Waals surface area (Å²) < 4.78 is 113. The summed E-state index contributed by atoms with van der Waals surface area (Å²) in [5.41, 5.74) is -1.71. The van der Waals surface area contributed by atoms with Gasteiger partial charge in [-0.2, -0.15) is 27.1 Å². The predicted molar refractivity (Wildman–Crippen MR) is 110 cm³/mol. The van der Waals surface area contributed by atoms with Crippen molar-refractivity contribution in [2.75, 3.05) is 25.1 Å². The second-order valence-electron chi connectivity index (χ2n) is 8.79. The van der Waals surface area contributed by atoms with Gasteiger partial charge in [-0.25, -0.2) is 18.0 Å². The molecule has 36 heavy (non-hydrogen) atoms. The first-order valence-electron chi connectivity index (χ1n) is 11.1. The number of ether oxygens (including phenoxy) is 1. The van der Waals surface area contributed by atoms with Gasteiger partial charge in [0, 0.05) is 43.1 Å². The number of nitrogens with one attached hydrogen (secondary N) is 1. The van der Waals surface area contributed by atoms with Crippen molar-refractivity contribution in [1.82, 2.24) is 14.7 Å². The van der Waals surface area contributed by atoms with Crippen LogP contribution >= 0.6 is 0 Å². The molecule has 1 atom stereocenters. The lowest BCUT2D eigenvalue weighted by molar-refractivity contribution is -0.139. The molecule has 0 bridgehead atoms. The highest BCUT2D eigenvalue weighted by molar-refractivity contribution is 5.89. The number of alkyl halides is 7. The van der Waals surface area contributed by atoms with Crippen LogP contribution in [0.4, 0.5) is 45.6 Å². The molecule has 198 valence electrons. The highest BCUT2D eigenvalue weighted by Crippen LogP contribution is 2.42. The number of rotatable bonds is 5. The topological polar surface area (TPSA) is 59.4 Å². The van der Waals surface area contributed by atoms with Crippen molar-refractivity contribution in [1.29, 1.82) is 0 Å². The van der Waals surface area contributed by atoms with E-state index in [0.29, 0.717) is 17.8 Å². The Morgan fingerprint density at radius 2 is 2.03 bits per heavy atom. The zero-order chi connectivity index (χ0) is 26.3. The monoisotopic (exact) mass is 526 g/mol. The Kier molecular flexibility index (Phi) is 7.17. The molecule has 3 heterocycles. The molecule has 0 unspecified atom stereocenters. The standard InChI is InChI=1S/C22H22F8N4O2/c23-16-2-1-13(7-15(16)22(28,29)30)31-20(35)33-6-4-17-14(9-33)19-21(26,27)5-3-12(8-34(19)32-17)10-36-11-18(24)25/h1-2,7,12,18H,3-6,8-11H2,(H,31,35)/t12-/m1/s1. The minimum atomic E-state index is -4.96. The molecule has 0 radical (unpaired) electrons. The number of amides is 2. The Labute approximate surface area is 200 Å². The highest BCUT2D eigenvalue weighted by atomic mass is 19.4. The lowest BCUT2D eigenvalue weighted by Crippen LogP contribution is -2.39. The molecule has 2 aliphatic heterocycles. The molecular weight excluding hydrogens is 504 g/mol. The summed E-state index contributed by atoms with van der Waals surface area (Å²) in [4.78, 5) is 13.9. The maximum absolute atomic E-state index is 15.1. The fourth-order valence-electron chi connectivity index (χ4n) is 4.46. The number of hydrogen-bond donors (Lipinski definition) is 1. The lowest BCUT2D eigenvalue weighted by Gasteiger charge is -2.28. The summed E-state index contributed by atoms with van der Waals surface area (Å²) in [7, 11) is 0. The number of halogens is 8. The number of carbonyl (C=O) groups is 1. The van der Waals surface area contributed by atoms with Crippen LogP contribution in [0, 0.1) is 11.7 Å². The molecule has 1 N–H and O–H groups in total. The minimum Gasteiger partial charge on any atom is -0.375 e. The minimum absolute atomic E-state index is 0.0185. The quantitative estimate of drug-likeness (QED) is 0.530.